The molecule has 1 fully saturated rings. The molecule has 1 aliphatic rings. The van der Waals surface area contributed by atoms with E-state index in [-0.39, 0.29) is 18.4 Å². The summed E-state index contributed by atoms with van der Waals surface area (Å²) < 4.78 is 29.5. The van der Waals surface area contributed by atoms with E-state index in [2.05, 4.69) is 5.32 Å². The van der Waals surface area contributed by atoms with E-state index in [4.69, 9.17) is 4.42 Å². The van der Waals surface area contributed by atoms with Gasteiger partial charge in [-0.25, -0.2) is 12.7 Å². The molecule has 1 aliphatic heterocycles. The molecular formula is C14H22N2O5S. The van der Waals surface area contributed by atoms with Crippen molar-refractivity contribution in [3.05, 3.63) is 23.7 Å². The zero-order chi connectivity index (χ0) is 16.3. The lowest BCUT2D eigenvalue weighted by molar-refractivity contribution is -0.126. The number of nitrogens with zero attached hydrogens (tertiary/aromatic N) is 1. The molecule has 0 radical (unpaired) electrons. The Balaban J connectivity index is 1.79. The highest BCUT2D eigenvalue weighted by atomic mass is 32.2. The predicted molar refractivity (Wildman–Crippen MR) is 80.6 cm³/mol. The Labute approximate surface area is 130 Å². The summed E-state index contributed by atoms with van der Waals surface area (Å²) >= 11 is 0. The van der Waals surface area contributed by atoms with Crippen LogP contribution < -0.4 is 5.32 Å². The number of amides is 1. The van der Waals surface area contributed by atoms with Crippen LogP contribution in [0.4, 0.5) is 0 Å². The number of furan rings is 1. The van der Waals surface area contributed by atoms with Gasteiger partial charge in [0.25, 0.3) is 0 Å². The number of hydrogen-bond donors (Lipinski definition) is 2. The molecule has 0 aliphatic carbocycles. The van der Waals surface area contributed by atoms with Gasteiger partial charge in [0.15, 0.2) is 0 Å². The molecule has 0 aromatic carbocycles. The van der Waals surface area contributed by atoms with E-state index in [9.17, 15) is 18.3 Å². The fourth-order valence-electron chi connectivity index (χ4n) is 2.52. The Bertz CT molecular complexity index is 617. The molecule has 8 heteroatoms. The summed E-state index contributed by atoms with van der Waals surface area (Å²) in [4.78, 5) is 12.1. The van der Waals surface area contributed by atoms with Crippen LogP contribution in [0.3, 0.4) is 0 Å². The van der Waals surface area contributed by atoms with Crippen LogP contribution in [0, 0.1) is 12.8 Å². The third-order valence-corrected chi connectivity index (χ3v) is 5.16. The van der Waals surface area contributed by atoms with Gasteiger partial charge in [0, 0.05) is 19.0 Å². The second-order valence-corrected chi connectivity index (χ2v) is 7.63. The van der Waals surface area contributed by atoms with Gasteiger partial charge in [0.2, 0.25) is 15.9 Å². The van der Waals surface area contributed by atoms with Crippen molar-refractivity contribution >= 4 is 15.9 Å². The van der Waals surface area contributed by atoms with Crippen LogP contribution in [0.15, 0.2) is 16.5 Å². The zero-order valence-corrected chi connectivity index (χ0v) is 13.6. The standard InChI is InChI=1S/C14H22N2O5S/c1-10-3-4-13(21-10)12(17)9-15-14(18)11-5-7-16(8-6-11)22(2,19)20/h3-4,11-12,17H,5-9H2,1-2H3,(H,15,18)/t12-/m0/s1. The topological polar surface area (TPSA) is 99.9 Å². The van der Waals surface area contributed by atoms with Crippen molar-refractivity contribution in [2.75, 3.05) is 25.9 Å². The Morgan fingerprint density at radius 2 is 2.09 bits per heavy atom. The van der Waals surface area contributed by atoms with Gasteiger partial charge in [-0.1, -0.05) is 0 Å². The van der Waals surface area contributed by atoms with Crippen LogP contribution in [0.25, 0.3) is 0 Å². The first kappa shape index (κ1) is 17.0. The first-order chi connectivity index (χ1) is 10.3. The fourth-order valence-corrected chi connectivity index (χ4v) is 3.40. The Morgan fingerprint density at radius 1 is 1.45 bits per heavy atom. The first-order valence-corrected chi connectivity index (χ1v) is 9.09. The monoisotopic (exact) mass is 330 g/mol. The van der Waals surface area contributed by atoms with Crippen LogP contribution in [0.1, 0.15) is 30.5 Å². The summed E-state index contributed by atoms with van der Waals surface area (Å²) in [6, 6.07) is 3.43. The van der Waals surface area contributed by atoms with Crippen molar-refractivity contribution in [2.24, 2.45) is 5.92 Å². The normalized spacial score (nSPS) is 19.0. The Morgan fingerprint density at radius 3 is 2.59 bits per heavy atom. The maximum Gasteiger partial charge on any atom is 0.223 e. The van der Waals surface area contributed by atoms with E-state index >= 15 is 0 Å². The number of carbonyl (C=O) groups excluding carboxylic acids is 1. The number of rotatable bonds is 5. The van der Waals surface area contributed by atoms with Gasteiger partial charge in [0.05, 0.1) is 12.8 Å². The van der Waals surface area contributed by atoms with Gasteiger partial charge in [-0.05, 0) is 31.9 Å². The van der Waals surface area contributed by atoms with E-state index in [1.54, 1.807) is 19.1 Å². The number of hydrogen-bond acceptors (Lipinski definition) is 5. The molecule has 1 atom stereocenters. The van der Waals surface area contributed by atoms with Gasteiger partial charge in [-0.2, -0.15) is 0 Å². The zero-order valence-electron chi connectivity index (χ0n) is 12.8. The smallest absolute Gasteiger partial charge is 0.223 e. The molecule has 1 aromatic rings. The van der Waals surface area contributed by atoms with E-state index in [0.29, 0.717) is 37.5 Å². The summed E-state index contributed by atoms with van der Waals surface area (Å²) in [5.41, 5.74) is 0. The summed E-state index contributed by atoms with van der Waals surface area (Å²) in [7, 11) is -3.19. The molecule has 7 nitrogen and oxygen atoms in total. The van der Waals surface area contributed by atoms with Crippen molar-refractivity contribution in [1.29, 1.82) is 0 Å². The second kappa shape index (κ2) is 6.80. The number of piperidine rings is 1. The average Bonchev–Trinajstić information content (AvgIpc) is 2.90. The van der Waals surface area contributed by atoms with Crippen LogP contribution in [-0.4, -0.2) is 49.6 Å². The molecule has 1 saturated heterocycles. The third kappa shape index (κ3) is 4.31. The van der Waals surface area contributed by atoms with E-state index in [1.807, 2.05) is 0 Å². The number of carbonyl (C=O) groups is 1. The van der Waals surface area contributed by atoms with Crippen LogP contribution >= 0.6 is 0 Å². The second-order valence-electron chi connectivity index (χ2n) is 5.65. The highest BCUT2D eigenvalue weighted by Gasteiger charge is 2.29. The molecule has 2 rings (SSSR count). The molecule has 1 aromatic heterocycles. The van der Waals surface area contributed by atoms with Gasteiger partial charge in [0.1, 0.15) is 17.6 Å². The van der Waals surface area contributed by atoms with Crippen LogP contribution in [0.2, 0.25) is 0 Å². The Hall–Kier alpha value is -1.38. The van der Waals surface area contributed by atoms with Gasteiger partial charge >= 0.3 is 0 Å². The minimum atomic E-state index is -3.19. The molecule has 2 N–H and O–H groups in total. The minimum Gasteiger partial charge on any atom is -0.464 e. The van der Waals surface area contributed by atoms with Crippen LogP contribution in [-0.2, 0) is 14.8 Å². The van der Waals surface area contributed by atoms with Crippen molar-refractivity contribution in [1.82, 2.24) is 9.62 Å². The van der Waals surface area contributed by atoms with Crippen molar-refractivity contribution in [2.45, 2.75) is 25.9 Å². The number of nitrogens with one attached hydrogen (secondary N) is 1. The highest BCUT2D eigenvalue weighted by Crippen LogP contribution is 2.20. The lowest BCUT2D eigenvalue weighted by atomic mass is 9.97. The van der Waals surface area contributed by atoms with E-state index < -0.39 is 16.1 Å². The predicted octanol–water partition coefficient (Wildman–Crippen LogP) is 0.409. The highest BCUT2D eigenvalue weighted by molar-refractivity contribution is 7.88. The summed E-state index contributed by atoms with van der Waals surface area (Å²) in [6.45, 7) is 2.58. The largest absolute Gasteiger partial charge is 0.464 e. The number of sulfonamides is 1. The van der Waals surface area contributed by atoms with Gasteiger partial charge < -0.3 is 14.8 Å². The molecular weight excluding hydrogens is 308 g/mol. The van der Waals surface area contributed by atoms with E-state index in [1.165, 1.54) is 10.6 Å². The van der Waals surface area contributed by atoms with Crippen molar-refractivity contribution < 1.29 is 22.7 Å². The summed E-state index contributed by atoms with van der Waals surface area (Å²) in [6.07, 6.45) is 1.28. The number of aliphatic hydroxyl groups excluding tert-OH is 1. The molecule has 0 saturated carbocycles. The molecule has 0 spiro atoms. The van der Waals surface area contributed by atoms with Crippen molar-refractivity contribution in [3.8, 4) is 0 Å². The van der Waals surface area contributed by atoms with Gasteiger partial charge in [-0.3, -0.25) is 4.79 Å². The molecule has 22 heavy (non-hydrogen) atoms. The molecule has 0 unspecified atom stereocenters. The quantitative estimate of drug-likeness (QED) is 0.814. The Kier molecular flexibility index (Phi) is 5.25. The molecule has 124 valence electrons. The lowest BCUT2D eigenvalue weighted by Crippen LogP contribution is -2.43. The first-order valence-electron chi connectivity index (χ1n) is 7.24. The fraction of sp³-hybridized carbons (Fsp3) is 0.643. The average molecular weight is 330 g/mol. The van der Waals surface area contributed by atoms with E-state index in [0.717, 1.165) is 0 Å². The van der Waals surface area contributed by atoms with Gasteiger partial charge in [-0.15, -0.1) is 0 Å². The number of aliphatic hydroxyl groups is 1. The third-order valence-electron chi connectivity index (χ3n) is 3.85. The maximum atomic E-state index is 12.1. The maximum absolute atomic E-state index is 12.1. The molecule has 2 heterocycles. The van der Waals surface area contributed by atoms with Crippen LogP contribution in [0.5, 0.6) is 0 Å². The summed E-state index contributed by atoms with van der Waals surface area (Å²) in [5.74, 6) is 0.747. The van der Waals surface area contributed by atoms with Crippen molar-refractivity contribution in [3.63, 3.8) is 0 Å². The SMILES string of the molecule is Cc1ccc([C@@H](O)CNC(=O)C2CCN(S(C)(=O)=O)CC2)o1. The lowest BCUT2D eigenvalue weighted by Gasteiger charge is -2.29. The number of aryl methyl sites for hydroxylation is 1. The molecule has 1 amide bonds. The summed E-state index contributed by atoms with van der Waals surface area (Å²) in [5, 5.41) is 12.6. The molecule has 0 bridgehead atoms. The minimum absolute atomic E-state index is 0.0814.